The predicted octanol–water partition coefficient (Wildman–Crippen LogP) is 3.76. The Balaban J connectivity index is 2.23. The number of carbonyl (C=O) groups is 1. The van der Waals surface area contributed by atoms with Gasteiger partial charge in [0.2, 0.25) is 0 Å². The van der Waals surface area contributed by atoms with E-state index in [9.17, 15) is 14.9 Å². The highest BCUT2D eigenvalue weighted by Gasteiger charge is 2.13. The number of carbonyl (C=O) groups excluding carboxylic acids is 1. The fraction of sp³-hybridized carbons (Fsp3) is 0.0714. The summed E-state index contributed by atoms with van der Waals surface area (Å²) in [5.74, 6) is -0.233. The monoisotopic (exact) mass is 382 g/mol. The standard InChI is InChI=1S/C14H11IN2O3/c1-9-8-10(6-7-13(9)17(19)20)16-14(18)11-4-2-3-5-12(11)15/h2-8H,1H3,(H,16,18). The van der Waals surface area contributed by atoms with Crippen molar-refractivity contribution >= 4 is 39.9 Å². The van der Waals surface area contributed by atoms with Crippen LogP contribution in [0.3, 0.4) is 0 Å². The zero-order chi connectivity index (χ0) is 14.7. The number of nitro benzene ring substituents is 1. The van der Waals surface area contributed by atoms with Crippen molar-refractivity contribution in [2.75, 3.05) is 5.32 Å². The summed E-state index contributed by atoms with van der Waals surface area (Å²) in [6, 6.07) is 11.7. The SMILES string of the molecule is Cc1cc(NC(=O)c2ccccc2I)ccc1[N+](=O)[O-]. The van der Waals surface area contributed by atoms with Crippen LogP contribution in [0.4, 0.5) is 11.4 Å². The molecule has 1 amide bonds. The minimum absolute atomic E-state index is 0.0392. The first-order valence-corrected chi connectivity index (χ1v) is 6.88. The van der Waals surface area contributed by atoms with E-state index in [2.05, 4.69) is 27.9 Å². The number of nitrogens with zero attached hydrogens (tertiary/aromatic N) is 1. The molecule has 0 aromatic heterocycles. The van der Waals surface area contributed by atoms with E-state index in [-0.39, 0.29) is 11.6 Å². The molecule has 5 nitrogen and oxygen atoms in total. The van der Waals surface area contributed by atoms with E-state index in [1.807, 2.05) is 12.1 Å². The van der Waals surface area contributed by atoms with Crippen LogP contribution in [0.25, 0.3) is 0 Å². The lowest BCUT2D eigenvalue weighted by molar-refractivity contribution is -0.385. The Bertz CT molecular complexity index is 686. The van der Waals surface area contributed by atoms with E-state index in [0.29, 0.717) is 16.8 Å². The summed E-state index contributed by atoms with van der Waals surface area (Å²) in [6.45, 7) is 1.64. The number of halogens is 1. The molecule has 0 atom stereocenters. The van der Waals surface area contributed by atoms with Gasteiger partial charge in [0.1, 0.15) is 0 Å². The number of aryl methyl sites for hydroxylation is 1. The molecule has 0 radical (unpaired) electrons. The fourth-order valence-electron chi connectivity index (χ4n) is 1.78. The van der Waals surface area contributed by atoms with E-state index in [1.165, 1.54) is 12.1 Å². The Morgan fingerprint density at radius 2 is 1.95 bits per heavy atom. The van der Waals surface area contributed by atoms with Crippen LogP contribution in [-0.2, 0) is 0 Å². The fourth-order valence-corrected chi connectivity index (χ4v) is 2.41. The summed E-state index contributed by atoms with van der Waals surface area (Å²) >= 11 is 2.09. The summed E-state index contributed by atoms with van der Waals surface area (Å²) in [5, 5.41) is 13.5. The van der Waals surface area contributed by atoms with Crippen molar-refractivity contribution in [1.29, 1.82) is 0 Å². The number of nitrogens with one attached hydrogen (secondary N) is 1. The minimum atomic E-state index is -0.443. The Labute approximate surface area is 129 Å². The lowest BCUT2D eigenvalue weighted by Gasteiger charge is -2.07. The maximum atomic E-state index is 12.1. The molecule has 2 aromatic rings. The van der Waals surface area contributed by atoms with E-state index < -0.39 is 4.92 Å². The van der Waals surface area contributed by atoms with Crippen LogP contribution in [0.5, 0.6) is 0 Å². The van der Waals surface area contributed by atoms with Crippen molar-refractivity contribution in [1.82, 2.24) is 0 Å². The van der Waals surface area contributed by atoms with Crippen molar-refractivity contribution in [3.8, 4) is 0 Å². The topological polar surface area (TPSA) is 72.2 Å². The van der Waals surface area contributed by atoms with Crippen LogP contribution in [-0.4, -0.2) is 10.8 Å². The van der Waals surface area contributed by atoms with Crippen molar-refractivity contribution in [3.05, 3.63) is 67.3 Å². The summed E-state index contributed by atoms with van der Waals surface area (Å²) in [6.07, 6.45) is 0. The molecule has 0 heterocycles. The second kappa shape index (κ2) is 6.00. The lowest BCUT2D eigenvalue weighted by Crippen LogP contribution is -2.13. The molecular weight excluding hydrogens is 371 g/mol. The van der Waals surface area contributed by atoms with Gasteiger partial charge >= 0.3 is 0 Å². The molecule has 0 fully saturated rings. The average molecular weight is 382 g/mol. The number of rotatable bonds is 3. The third-order valence-electron chi connectivity index (χ3n) is 2.77. The lowest BCUT2D eigenvalue weighted by atomic mass is 10.1. The first-order valence-electron chi connectivity index (χ1n) is 5.80. The highest BCUT2D eigenvalue weighted by atomic mass is 127. The van der Waals surface area contributed by atoms with Gasteiger partial charge in [0, 0.05) is 20.9 Å². The molecule has 0 unspecified atom stereocenters. The van der Waals surface area contributed by atoms with Crippen LogP contribution in [0.1, 0.15) is 15.9 Å². The highest BCUT2D eigenvalue weighted by molar-refractivity contribution is 14.1. The first kappa shape index (κ1) is 14.4. The maximum absolute atomic E-state index is 12.1. The quantitative estimate of drug-likeness (QED) is 0.499. The van der Waals surface area contributed by atoms with Crippen molar-refractivity contribution in [2.45, 2.75) is 6.92 Å². The molecule has 0 spiro atoms. The molecule has 2 rings (SSSR count). The van der Waals surface area contributed by atoms with Crippen molar-refractivity contribution < 1.29 is 9.72 Å². The normalized spacial score (nSPS) is 10.1. The van der Waals surface area contributed by atoms with E-state index in [4.69, 9.17) is 0 Å². The minimum Gasteiger partial charge on any atom is -0.322 e. The van der Waals surface area contributed by atoms with Crippen LogP contribution in [0, 0.1) is 20.6 Å². The van der Waals surface area contributed by atoms with Gasteiger partial charge < -0.3 is 5.32 Å². The number of anilines is 1. The van der Waals surface area contributed by atoms with Gasteiger partial charge in [0.15, 0.2) is 0 Å². The largest absolute Gasteiger partial charge is 0.322 e. The van der Waals surface area contributed by atoms with E-state index >= 15 is 0 Å². The molecule has 0 aliphatic rings. The van der Waals surface area contributed by atoms with Gasteiger partial charge in [-0.3, -0.25) is 14.9 Å². The number of benzene rings is 2. The van der Waals surface area contributed by atoms with Gasteiger partial charge in [-0.15, -0.1) is 0 Å². The zero-order valence-electron chi connectivity index (χ0n) is 10.6. The molecule has 0 saturated heterocycles. The number of hydrogen-bond acceptors (Lipinski definition) is 3. The van der Waals surface area contributed by atoms with Gasteiger partial charge in [-0.05, 0) is 53.8 Å². The van der Waals surface area contributed by atoms with E-state index in [1.54, 1.807) is 25.1 Å². The summed E-state index contributed by atoms with van der Waals surface area (Å²) in [4.78, 5) is 22.4. The van der Waals surface area contributed by atoms with E-state index in [0.717, 1.165) is 3.57 Å². The van der Waals surface area contributed by atoms with Crippen LogP contribution >= 0.6 is 22.6 Å². The first-order chi connectivity index (χ1) is 9.49. The van der Waals surface area contributed by atoms with Crippen LogP contribution in [0.15, 0.2) is 42.5 Å². The summed E-state index contributed by atoms with van der Waals surface area (Å²) < 4.78 is 0.848. The van der Waals surface area contributed by atoms with Crippen LogP contribution < -0.4 is 5.32 Å². The third kappa shape index (κ3) is 3.13. The van der Waals surface area contributed by atoms with Gasteiger partial charge in [-0.1, -0.05) is 12.1 Å². The number of hydrogen-bond donors (Lipinski definition) is 1. The Morgan fingerprint density at radius 3 is 2.55 bits per heavy atom. The van der Waals surface area contributed by atoms with Gasteiger partial charge in [-0.25, -0.2) is 0 Å². The second-order valence-electron chi connectivity index (χ2n) is 4.19. The molecule has 102 valence electrons. The Hall–Kier alpha value is -1.96. The van der Waals surface area contributed by atoms with Crippen molar-refractivity contribution in [3.63, 3.8) is 0 Å². The Morgan fingerprint density at radius 1 is 1.25 bits per heavy atom. The molecule has 6 heteroatoms. The zero-order valence-corrected chi connectivity index (χ0v) is 12.7. The molecule has 0 bridgehead atoms. The van der Waals surface area contributed by atoms with Gasteiger partial charge in [-0.2, -0.15) is 0 Å². The smallest absolute Gasteiger partial charge is 0.272 e. The number of nitro groups is 1. The maximum Gasteiger partial charge on any atom is 0.272 e. The molecule has 0 saturated carbocycles. The summed E-state index contributed by atoms with van der Waals surface area (Å²) in [7, 11) is 0. The summed E-state index contributed by atoms with van der Waals surface area (Å²) in [5.41, 5.74) is 1.66. The molecule has 1 N–H and O–H groups in total. The number of amides is 1. The average Bonchev–Trinajstić information content (AvgIpc) is 2.38. The highest BCUT2D eigenvalue weighted by Crippen LogP contribution is 2.22. The molecule has 20 heavy (non-hydrogen) atoms. The molecular formula is C14H11IN2O3. The molecule has 2 aromatic carbocycles. The molecule has 0 aliphatic heterocycles. The Kier molecular flexibility index (Phi) is 4.33. The third-order valence-corrected chi connectivity index (χ3v) is 3.71. The second-order valence-corrected chi connectivity index (χ2v) is 5.35. The van der Waals surface area contributed by atoms with Crippen molar-refractivity contribution in [2.24, 2.45) is 0 Å². The molecule has 0 aliphatic carbocycles. The van der Waals surface area contributed by atoms with Gasteiger partial charge in [0.05, 0.1) is 10.5 Å². The predicted molar refractivity (Wildman–Crippen MR) is 84.9 cm³/mol. The van der Waals surface area contributed by atoms with Gasteiger partial charge in [0.25, 0.3) is 11.6 Å². The van der Waals surface area contributed by atoms with Crippen LogP contribution in [0.2, 0.25) is 0 Å².